The molecule has 3 nitrogen and oxygen atoms in total. The standard InChI is InChI=1S/C20H27FO3/c1-12-7-14-9-13(2)20(16(8-12)10-14,18(11-22)19(23)24)15-3-5-17(21)6-4-15/h3-6,12-14,16,18,22H,7-11H2,1-2H3,(H,23,24). The highest BCUT2D eigenvalue weighted by atomic mass is 19.1. The van der Waals surface area contributed by atoms with Crippen LogP contribution >= 0.6 is 0 Å². The predicted octanol–water partition coefficient (Wildman–Crippen LogP) is 3.85. The van der Waals surface area contributed by atoms with Crippen molar-refractivity contribution in [2.24, 2.45) is 29.6 Å². The highest BCUT2D eigenvalue weighted by Gasteiger charge is 2.57. The van der Waals surface area contributed by atoms with Crippen molar-refractivity contribution in [1.29, 1.82) is 0 Å². The largest absolute Gasteiger partial charge is 0.481 e. The van der Waals surface area contributed by atoms with Gasteiger partial charge < -0.3 is 10.2 Å². The van der Waals surface area contributed by atoms with Gasteiger partial charge in [0.05, 0.1) is 12.5 Å². The van der Waals surface area contributed by atoms with E-state index < -0.39 is 17.3 Å². The number of hydrogen-bond donors (Lipinski definition) is 2. The van der Waals surface area contributed by atoms with Crippen molar-refractivity contribution in [2.75, 3.05) is 6.61 Å². The Hall–Kier alpha value is -1.42. The van der Waals surface area contributed by atoms with Crippen molar-refractivity contribution in [3.8, 4) is 0 Å². The molecule has 132 valence electrons. The number of aliphatic hydroxyl groups is 1. The number of fused-ring (bicyclic) bond motifs is 2. The fraction of sp³-hybridized carbons (Fsp3) is 0.650. The van der Waals surface area contributed by atoms with E-state index in [1.54, 1.807) is 12.1 Å². The lowest BCUT2D eigenvalue weighted by molar-refractivity contribution is -0.152. The van der Waals surface area contributed by atoms with Gasteiger partial charge >= 0.3 is 5.97 Å². The summed E-state index contributed by atoms with van der Waals surface area (Å²) in [6, 6.07) is 6.30. The van der Waals surface area contributed by atoms with E-state index in [9.17, 15) is 19.4 Å². The van der Waals surface area contributed by atoms with Gasteiger partial charge in [-0.1, -0.05) is 26.0 Å². The molecule has 24 heavy (non-hydrogen) atoms. The maximum atomic E-state index is 13.5. The Morgan fingerprint density at radius 3 is 2.46 bits per heavy atom. The monoisotopic (exact) mass is 334 g/mol. The van der Waals surface area contributed by atoms with Gasteiger partial charge in [-0.25, -0.2) is 4.39 Å². The molecule has 6 atom stereocenters. The second-order valence-corrected chi connectivity index (χ2v) is 8.03. The van der Waals surface area contributed by atoms with E-state index in [2.05, 4.69) is 13.8 Å². The summed E-state index contributed by atoms with van der Waals surface area (Å²) < 4.78 is 13.5. The molecule has 2 saturated carbocycles. The van der Waals surface area contributed by atoms with Crippen LogP contribution in [0.15, 0.2) is 24.3 Å². The van der Waals surface area contributed by atoms with Crippen LogP contribution in [0.5, 0.6) is 0 Å². The molecule has 0 heterocycles. The van der Waals surface area contributed by atoms with Crippen LogP contribution in [-0.2, 0) is 10.2 Å². The lowest BCUT2D eigenvalue weighted by Gasteiger charge is -2.57. The molecular formula is C20H27FO3. The third kappa shape index (κ3) is 2.65. The molecule has 0 radical (unpaired) electrons. The summed E-state index contributed by atoms with van der Waals surface area (Å²) in [6.07, 6.45) is 4.16. The summed E-state index contributed by atoms with van der Waals surface area (Å²) in [6.45, 7) is 3.97. The number of aliphatic carboxylic acids is 1. The van der Waals surface area contributed by atoms with Crippen molar-refractivity contribution in [3.05, 3.63) is 35.6 Å². The molecule has 1 aromatic rings. The van der Waals surface area contributed by atoms with Gasteiger partial charge in [0.1, 0.15) is 5.82 Å². The van der Waals surface area contributed by atoms with E-state index in [1.807, 2.05) is 0 Å². The van der Waals surface area contributed by atoms with Crippen LogP contribution in [0.2, 0.25) is 0 Å². The van der Waals surface area contributed by atoms with E-state index in [4.69, 9.17) is 0 Å². The Kier molecular flexibility index (Phi) is 4.69. The molecule has 3 rings (SSSR count). The Morgan fingerprint density at radius 2 is 1.88 bits per heavy atom. The van der Waals surface area contributed by atoms with Gasteiger partial charge in [-0.3, -0.25) is 4.79 Å². The fourth-order valence-electron chi connectivity index (χ4n) is 5.95. The van der Waals surface area contributed by atoms with Gasteiger partial charge in [-0.2, -0.15) is 0 Å². The molecule has 2 N–H and O–H groups in total. The van der Waals surface area contributed by atoms with Gasteiger partial charge in [-0.05, 0) is 67.1 Å². The first-order valence-electron chi connectivity index (χ1n) is 8.99. The van der Waals surface area contributed by atoms with Crippen LogP contribution in [0.3, 0.4) is 0 Å². The Balaban J connectivity index is 2.16. The number of carboxylic acids is 1. The van der Waals surface area contributed by atoms with E-state index in [0.29, 0.717) is 11.8 Å². The number of carboxylic acid groups (broad SMARTS) is 1. The average molecular weight is 334 g/mol. The highest BCUT2D eigenvalue weighted by Crippen LogP contribution is 2.59. The van der Waals surface area contributed by atoms with E-state index in [-0.39, 0.29) is 24.3 Å². The molecular weight excluding hydrogens is 307 g/mol. The Morgan fingerprint density at radius 1 is 1.21 bits per heavy atom. The fourth-order valence-corrected chi connectivity index (χ4v) is 5.95. The van der Waals surface area contributed by atoms with Crippen LogP contribution in [0, 0.1) is 35.4 Å². The van der Waals surface area contributed by atoms with Crippen molar-refractivity contribution < 1.29 is 19.4 Å². The van der Waals surface area contributed by atoms with Gasteiger partial charge in [0.25, 0.3) is 0 Å². The van der Waals surface area contributed by atoms with Crippen molar-refractivity contribution in [2.45, 2.75) is 44.9 Å². The molecule has 2 bridgehead atoms. The number of benzene rings is 1. The van der Waals surface area contributed by atoms with Crippen molar-refractivity contribution in [3.63, 3.8) is 0 Å². The number of aliphatic hydroxyl groups excluding tert-OH is 1. The van der Waals surface area contributed by atoms with Crippen LogP contribution < -0.4 is 0 Å². The Bertz CT molecular complexity index is 595. The summed E-state index contributed by atoms with van der Waals surface area (Å²) in [5, 5.41) is 19.8. The summed E-state index contributed by atoms with van der Waals surface area (Å²) >= 11 is 0. The van der Waals surface area contributed by atoms with Crippen LogP contribution in [0.1, 0.15) is 45.1 Å². The maximum Gasteiger partial charge on any atom is 0.309 e. The Labute approximate surface area is 142 Å². The van der Waals surface area contributed by atoms with Gasteiger partial charge in [0, 0.05) is 5.41 Å². The zero-order valence-electron chi connectivity index (χ0n) is 14.4. The third-order valence-corrected chi connectivity index (χ3v) is 6.62. The molecule has 1 aromatic carbocycles. The lowest BCUT2D eigenvalue weighted by atomic mass is 9.46. The molecule has 4 heteroatoms. The second-order valence-electron chi connectivity index (χ2n) is 8.03. The molecule has 0 saturated heterocycles. The molecule has 2 aliphatic carbocycles. The molecule has 0 spiro atoms. The van der Waals surface area contributed by atoms with Crippen LogP contribution in [0.25, 0.3) is 0 Å². The molecule has 0 amide bonds. The highest BCUT2D eigenvalue weighted by molar-refractivity contribution is 5.73. The summed E-state index contributed by atoms with van der Waals surface area (Å²) in [7, 11) is 0. The van der Waals surface area contributed by atoms with Crippen molar-refractivity contribution in [1.82, 2.24) is 0 Å². The van der Waals surface area contributed by atoms with Gasteiger partial charge in [0.15, 0.2) is 0 Å². The third-order valence-electron chi connectivity index (χ3n) is 6.62. The molecule has 0 aliphatic heterocycles. The molecule has 0 aromatic heterocycles. The topological polar surface area (TPSA) is 57.5 Å². The average Bonchev–Trinajstić information content (AvgIpc) is 2.51. The zero-order valence-corrected chi connectivity index (χ0v) is 14.4. The SMILES string of the molecule is CC1CC2CC(C)C(c3ccc(F)cc3)(C(CO)C(=O)O)C(C1)C2. The first-order chi connectivity index (χ1) is 11.4. The summed E-state index contributed by atoms with van der Waals surface area (Å²) in [5.41, 5.74) is 0.245. The van der Waals surface area contributed by atoms with E-state index in [1.165, 1.54) is 18.6 Å². The number of hydrogen-bond acceptors (Lipinski definition) is 2. The second kappa shape index (κ2) is 6.47. The predicted molar refractivity (Wildman–Crippen MR) is 90.1 cm³/mol. The number of rotatable bonds is 4. The number of carbonyl (C=O) groups is 1. The van der Waals surface area contributed by atoms with Crippen LogP contribution in [-0.4, -0.2) is 22.8 Å². The van der Waals surface area contributed by atoms with Crippen molar-refractivity contribution >= 4 is 5.97 Å². The maximum absolute atomic E-state index is 13.5. The minimum atomic E-state index is -0.953. The minimum absolute atomic E-state index is 0.146. The zero-order chi connectivity index (χ0) is 17.5. The van der Waals surface area contributed by atoms with Gasteiger partial charge in [0.2, 0.25) is 0 Å². The van der Waals surface area contributed by atoms with E-state index in [0.717, 1.165) is 24.8 Å². The molecule has 2 aliphatic rings. The summed E-state index contributed by atoms with van der Waals surface area (Å²) in [4.78, 5) is 12.0. The van der Waals surface area contributed by atoms with Crippen LogP contribution in [0.4, 0.5) is 4.39 Å². The minimum Gasteiger partial charge on any atom is -0.481 e. The first kappa shape index (κ1) is 17.4. The lowest BCUT2D eigenvalue weighted by Crippen LogP contribution is -2.57. The van der Waals surface area contributed by atoms with E-state index >= 15 is 0 Å². The summed E-state index contributed by atoms with van der Waals surface area (Å²) in [5.74, 6) is -0.562. The normalized spacial score (nSPS) is 37.0. The van der Waals surface area contributed by atoms with Gasteiger partial charge in [-0.15, -0.1) is 0 Å². The number of halogens is 1. The smallest absolute Gasteiger partial charge is 0.309 e. The first-order valence-corrected chi connectivity index (χ1v) is 8.99. The molecule has 2 fully saturated rings. The quantitative estimate of drug-likeness (QED) is 0.879. The molecule has 6 unspecified atom stereocenters.